The van der Waals surface area contributed by atoms with E-state index < -0.39 is 6.10 Å². The molecule has 2 aliphatic carbocycles. The number of fused-ring (bicyclic) bond motifs is 2. The molecular weight excluding hydrogens is 306 g/mol. The van der Waals surface area contributed by atoms with E-state index in [1.807, 2.05) is 6.08 Å². The molecular formula is C19H21NO4. The number of piperidine rings is 1. The molecule has 0 saturated carbocycles. The standard InChI is InChI=1S/C19H21NO4/c1-20-4-3-19-9-18(22-2)15(21)7-13(19)14(20)5-11-6-16-17(8-12(11)19)24-10-23-16/h6-9,14-15,21H,3-5,10H2,1-2H3/t14-,15+,19-/m0/s1. The Morgan fingerprint density at radius 1 is 1.29 bits per heavy atom. The summed E-state index contributed by atoms with van der Waals surface area (Å²) in [6.07, 6.45) is 5.36. The summed E-state index contributed by atoms with van der Waals surface area (Å²) in [7, 11) is 3.79. The molecule has 0 amide bonds. The molecule has 0 unspecified atom stereocenters. The Bertz CT molecular complexity index is 784. The number of likely N-dealkylation sites (tertiary alicyclic amines) is 1. The summed E-state index contributed by atoms with van der Waals surface area (Å²) in [4.78, 5) is 2.38. The molecule has 126 valence electrons. The van der Waals surface area contributed by atoms with E-state index in [-0.39, 0.29) is 12.2 Å². The van der Waals surface area contributed by atoms with Gasteiger partial charge in [-0.3, -0.25) is 4.90 Å². The van der Waals surface area contributed by atoms with Gasteiger partial charge in [-0.1, -0.05) is 0 Å². The smallest absolute Gasteiger partial charge is 0.231 e. The van der Waals surface area contributed by atoms with E-state index >= 15 is 0 Å². The van der Waals surface area contributed by atoms with Crippen LogP contribution in [0.4, 0.5) is 0 Å². The Balaban J connectivity index is 1.77. The summed E-state index contributed by atoms with van der Waals surface area (Å²) < 4.78 is 16.7. The monoisotopic (exact) mass is 327 g/mol. The van der Waals surface area contributed by atoms with Crippen molar-refractivity contribution in [3.8, 4) is 11.5 Å². The Labute approximate surface area is 141 Å². The van der Waals surface area contributed by atoms with Crippen molar-refractivity contribution in [1.82, 2.24) is 4.90 Å². The van der Waals surface area contributed by atoms with Gasteiger partial charge in [0, 0.05) is 11.5 Å². The fourth-order valence-electron chi connectivity index (χ4n) is 4.77. The second kappa shape index (κ2) is 4.77. The average molecular weight is 327 g/mol. The van der Waals surface area contributed by atoms with Gasteiger partial charge in [-0.2, -0.15) is 0 Å². The summed E-state index contributed by atoms with van der Waals surface area (Å²) in [5.41, 5.74) is 3.65. The molecule has 1 aromatic rings. The zero-order valence-electron chi connectivity index (χ0n) is 13.9. The van der Waals surface area contributed by atoms with Gasteiger partial charge in [0.2, 0.25) is 6.79 Å². The first-order valence-corrected chi connectivity index (χ1v) is 8.42. The Morgan fingerprint density at radius 2 is 2.08 bits per heavy atom. The number of nitrogens with zero attached hydrogens (tertiary/aromatic N) is 1. The van der Waals surface area contributed by atoms with E-state index in [1.54, 1.807) is 7.11 Å². The molecule has 1 N–H and O–H groups in total. The van der Waals surface area contributed by atoms with Gasteiger partial charge in [-0.05, 0) is 67.4 Å². The highest BCUT2D eigenvalue weighted by Gasteiger charge is 2.50. The van der Waals surface area contributed by atoms with Crippen LogP contribution in [-0.4, -0.2) is 49.6 Å². The van der Waals surface area contributed by atoms with Gasteiger partial charge in [-0.15, -0.1) is 0 Å². The van der Waals surface area contributed by atoms with E-state index in [0.717, 1.165) is 30.9 Å². The first kappa shape index (κ1) is 14.4. The van der Waals surface area contributed by atoms with Crippen LogP contribution in [0.15, 0.2) is 35.6 Å². The number of aliphatic hydroxyl groups excluding tert-OH is 1. The third-order valence-corrected chi connectivity index (χ3v) is 6.01. The van der Waals surface area contributed by atoms with Crippen LogP contribution >= 0.6 is 0 Å². The molecule has 0 aromatic heterocycles. The van der Waals surface area contributed by atoms with Crippen molar-refractivity contribution in [2.45, 2.75) is 30.4 Å². The van der Waals surface area contributed by atoms with Crippen LogP contribution in [0.25, 0.3) is 0 Å². The van der Waals surface area contributed by atoms with Crippen LogP contribution in [0, 0.1) is 0 Å². The fourth-order valence-corrected chi connectivity index (χ4v) is 4.77. The quantitative estimate of drug-likeness (QED) is 0.797. The number of allylic oxidation sites excluding steroid dienone is 1. The lowest BCUT2D eigenvalue weighted by Crippen LogP contribution is -2.54. The van der Waals surface area contributed by atoms with Gasteiger partial charge >= 0.3 is 0 Å². The lowest BCUT2D eigenvalue weighted by atomic mass is 9.58. The summed E-state index contributed by atoms with van der Waals surface area (Å²) in [6.45, 7) is 1.30. The lowest BCUT2D eigenvalue weighted by Gasteiger charge is -2.53. The number of methoxy groups -OCH3 is 1. The van der Waals surface area contributed by atoms with E-state index in [0.29, 0.717) is 11.8 Å². The molecule has 2 heterocycles. The number of aliphatic hydroxyl groups is 1. The highest BCUT2D eigenvalue weighted by molar-refractivity contribution is 5.61. The van der Waals surface area contributed by atoms with E-state index in [1.165, 1.54) is 16.7 Å². The van der Waals surface area contributed by atoms with Crippen molar-refractivity contribution < 1.29 is 19.3 Å². The largest absolute Gasteiger partial charge is 0.498 e. The highest BCUT2D eigenvalue weighted by Crippen LogP contribution is 2.54. The summed E-state index contributed by atoms with van der Waals surface area (Å²) in [5.74, 6) is 2.29. The van der Waals surface area contributed by atoms with E-state index in [9.17, 15) is 5.11 Å². The third kappa shape index (κ3) is 1.71. The number of rotatable bonds is 1. The van der Waals surface area contributed by atoms with Crippen molar-refractivity contribution in [3.63, 3.8) is 0 Å². The van der Waals surface area contributed by atoms with E-state index in [4.69, 9.17) is 14.2 Å². The first-order chi connectivity index (χ1) is 11.6. The molecule has 1 fully saturated rings. The third-order valence-electron chi connectivity index (χ3n) is 6.01. The molecule has 5 nitrogen and oxygen atoms in total. The van der Waals surface area contributed by atoms with Gasteiger partial charge in [-0.25, -0.2) is 0 Å². The number of hydrogen-bond acceptors (Lipinski definition) is 5. The molecule has 2 aliphatic heterocycles. The predicted octanol–water partition coefficient (Wildman–Crippen LogP) is 1.74. The highest BCUT2D eigenvalue weighted by atomic mass is 16.7. The molecule has 2 bridgehead atoms. The molecule has 0 radical (unpaired) electrons. The predicted molar refractivity (Wildman–Crippen MR) is 88.2 cm³/mol. The molecule has 4 aliphatic rings. The first-order valence-electron chi connectivity index (χ1n) is 8.42. The molecule has 1 saturated heterocycles. The molecule has 1 aromatic carbocycles. The van der Waals surface area contributed by atoms with Crippen LogP contribution in [0.2, 0.25) is 0 Å². The van der Waals surface area contributed by atoms with Crippen LogP contribution in [0.3, 0.4) is 0 Å². The molecule has 5 rings (SSSR count). The van der Waals surface area contributed by atoms with Crippen LogP contribution in [0.1, 0.15) is 17.5 Å². The van der Waals surface area contributed by atoms with Crippen LogP contribution in [-0.2, 0) is 16.6 Å². The van der Waals surface area contributed by atoms with Gasteiger partial charge in [0.25, 0.3) is 0 Å². The van der Waals surface area contributed by atoms with Crippen molar-refractivity contribution in [2.75, 3.05) is 27.5 Å². The second-order valence-corrected chi connectivity index (χ2v) is 7.10. The molecule has 0 spiro atoms. The minimum Gasteiger partial charge on any atom is -0.498 e. The van der Waals surface area contributed by atoms with Gasteiger partial charge < -0.3 is 19.3 Å². The summed E-state index contributed by atoms with van der Waals surface area (Å²) >= 11 is 0. The van der Waals surface area contributed by atoms with Crippen molar-refractivity contribution >= 4 is 0 Å². The normalized spacial score (nSPS) is 33.3. The second-order valence-electron chi connectivity index (χ2n) is 7.10. The Morgan fingerprint density at radius 3 is 2.88 bits per heavy atom. The summed E-state index contributed by atoms with van der Waals surface area (Å²) in [5, 5.41) is 10.4. The fraction of sp³-hybridized carbons (Fsp3) is 0.474. The van der Waals surface area contributed by atoms with Crippen molar-refractivity contribution in [3.05, 3.63) is 46.7 Å². The number of likely N-dealkylation sites (N-methyl/N-ethyl adjacent to an activating group) is 1. The number of benzene rings is 1. The summed E-state index contributed by atoms with van der Waals surface area (Å²) in [6, 6.07) is 4.57. The van der Waals surface area contributed by atoms with Crippen LogP contribution in [0.5, 0.6) is 11.5 Å². The lowest BCUT2D eigenvalue weighted by molar-refractivity contribution is 0.132. The van der Waals surface area contributed by atoms with E-state index in [2.05, 4.69) is 30.2 Å². The van der Waals surface area contributed by atoms with Gasteiger partial charge in [0.1, 0.15) is 11.9 Å². The van der Waals surface area contributed by atoms with Crippen LogP contribution < -0.4 is 9.47 Å². The molecule has 3 atom stereocenters. The topological polar surface area (TPSA) is 51.2 Å². The maximum absolute atomic E-state index is 10.4. The Kier molecular flexibility index (Phi) is 2.86. The zero-order valence-corrected chi connectivity index (χ0v) is 13.9. The molecule has 5 heteroatoms. The Hall–Kier alpha value is -1.98. The van der Waals surface area contributed by atoms with Crippen molar-refractivity contribution in [1.29, 1.82) is 0 Å². The number of hydrogen-bond donors (Lipinski definition) is 1. The van der Waals surface area contributed by atoms with Crippen molar-refractivity contribution in [2.24, 2.45) is 0 Å². The maximum atomic E-state index is 10.4. The molecule has 24 heavy (non-hydrogen) atoms. The number of ether oxygens (including phenoxy) is 3. The zero-order chi connectivity index (χ0) is 16.5. The minimum absolute atomic E-state index is 0.212. The maximum Gasteiger partial charge on any atom is 0.231 e. The SMILES string of the molecule is COC1=C[C@@]23CCN(C)[C@@H](Cc4cc5c(cc42)OCO5)C3=C[C@H]1O. The van der Waals surface area contributed by atoms with Gasteiger partial charge in [0.15, 0.2) is 11.5 Å². The minimum atomic E-state index is -0.664. The average Bonchev–Trinajstić information content (AvgIpc) is 3.04. The van der Waals surface area contributed by atoms with Gasteiger partial charge in [0.05, 0.1) is 7.11 Å².